The topological polar surface area (TPSA) is 90.4 Å². The van der Waals surface area contributed by atoms with Crippen LogP contribution >= 0.6 is 12.4 Å². The number of halogens is 1. The molecule has 3 N–H and O–H groups in total. The molecule has 0 fully saturated rings. The number of carbonyl (C=O) groups excluding carboxylic acids is 1. The molecule has 0 bridgehead atoms. The summed E-state index contributed by atoms with van der Waals surface area (Å²) in [4.78, 5) is 15.4. The quantitative estimate of drug-likeness (QED) is 0.249. The van der Waals surface area contributed by atoms with Gasteiger partial charge in [0.15, 0.2) is 0 Å². The molecule has 7 heteroatoms. The van der Waals surface area contributed by atoms with Gasteiger partial charge in [-0.15, -0.1) is 12.4 Å². The molecule has 4 rings (SSSR count). The van der Waals surface area contributed by atoms with E-state index in [1.165, 1.54) is 5.56 Å². The summed E-state index contributed by atoms with van der Waals surface area (Å²) in [7, 11) is 0. The number of hydrogen-bond acceptors (Lipinski definition) is 4. The lowest BCUT2D eigenvalue weighted by molar-refractivity contribution is 0.0994. The van der Waals surface area contributed by atoms with Crippen LogP contribution in [0.2, 0.25) is 0 Å². The summed E-state index contributed by atoms with van der Waals surface area (Å²) in [5.74, 6) is 0.232. The Morgan fingerprint density at radius 2 is 1.65 bits per heavy atom. The van der Waals surface area contributed by atoms with Gasteiger partial charge in [0.25, 0.3) is 5.91 Å². The first kappa shape index (κ1) is 27.7. The van der Waals surface area contributed by atoms with Gasteiger partial charge >= 0.3 is 0 Å². The number of aliphatic hydroxyl groups excluding tert-OH is 1. The van der Waals surface area contributed by atoms with Crippen LogP contribution in [0.5, 0.6) is 5.75 Å². The molecule has 1 heterocycles. The Kier molecular flexibility index (Phi) is 10.1. The van der Waals surface area contributed by atoms with Gasteiger partial charge in [-0.05, 0) is 48.1 Å². The number of primary amides is 1. The van der Waals surface area contributed by atoms with Crippen molar-refractivity contribution in [2.24, 2.45) is 5.73 Å². The zero-order chi connectivity index (χ0) is 25.3. The van der Waals surface area contributed by atoms with Crippen molar-refractivity contribution < 1.29 is 14.6 Å². The van der Waals surface area contributed by atoms with E-state index < -0.39 is 12.0 Å². The Bertz CT molecular complexity index is 1300. The van der Waals surface area contributed by atoms with Crippen molar-refractivity contribution in [2.75, 3.05) is 0 Å². The molecule has 0 radical (unpaired) electrons. The molecule has 3 aromatic carbocycles. The van der Waals surface area contributed by atoms with Crippen LogP contribution in [0.25, 0.3) is 12.2 Å². The summed E-state index contributed by atoms with van der Waals surface area (Å²) in [5, 5.41) is 10.3. The maximum absolute atomic E-state index is 11.4. The van der Waals surface area contributed by atoms with Crippen LogP contribution in [0, 0.1) is 0 Å². The normalized spacial score (nSPS) is 12.6. The van der Waals surface area contributed by atoms with Gasteiger partial charge in [-0.3, -0.25) is 4.79 Å². The molecule has 1 aromatic heterocycles. The van der Waals surface area contributed by atoms with Crippen molar-refractivity contribution in [3.05, 3.63) is 119 Å². The number of ether oxygens (including phenoxy) is 1. The number of rotatable bonds is 11. The molecule has 0 aliphatic heterocycles. The van der Waals surface area contributed by atoms with E-state index in [9.17, 15) is 9.90 Å². The van der Waals surface area contributed by atoms with E-state index in [4.69, 9.17) is 10.5 Å². The van der Waals surface area contributed by atoms with E-state index in [2.05, 4.69) is 53.5 Å². The van der Waals surface area contributed by atoms with Crippen LogP contribution in [0.3, 0.4) is 0 Å². The van der Waals surface area contributed by atoms with Crippen molar-refractivity contribution in [2.45, 2.75) is 38.5 Å². The summed E-state index contributed by atoms with van der Waals surface area (Å²) in [5.41, 5.74) is 9.94. The van der Waals surface area contributed by atoms with Crippen LogP contribution in [0.1, 0.15) is 52.1 Å². The zero-order valence-corrected chi connectivity index (χ0v) is 21.6. The third-order valence-corrected chi connectivity index (χ3v) is 6.12. The fourth-order valence-corrected chi connectivity index (χ4v) is 4.08. The van der Waals surface area contributed by atoms with Crippen molar-refractivity contribution in [3.63, 3.8) is 0 Å². The van der Waals surface area contributed by atoms with Gasteiger partial charge in [0.2, 0.25) is 0 Å². The second-order valence-corrected chi connectivity index (χ2v) is 8.80. The summed E-state index contributed by atoms with van der Waals surface area (Å²) in [6.07, 6.45) is 8.04. The Morgan fingerprint density at radius 1 is 1.00 bits per heavy atom. The Morgan fingerprint density at radius 3 is 2.30 bits per heavy atom. The fourth-order valence-electron chi connectivity index (χ4n) is 4.08. The number of hydrogen-bond donors (Lipinski definition) is 2. The minimum Gasteiger partial charge on any atom is -0.489 e. The monoisotopic (exact) mass is 517 g/mol. The SMILES string of the molecule is C[C@H](O)[C@@H](CCc1ccccc1OCc1ccc(/C=C/c2ccccc2)cc1)n1cnc(C(N)=O)c1.Cl. The number of nitrogens with zero attached hydrogens (tertiary/aromatic N) is 2. The maximum atomic E-state index is 11.4. The van der Waals surface area contributed by atoms with Gasteiger partial charge in [-0.25, -0.2) is 4.98 Å². The van der Waals surface area contributed by atoms with E-state index >= 15 is 0 Å². The molecule has 0 aliphatic carbocycles. The van der Waals surface area contributed by atoms with Crippen LogP contribution in [0.4, 0.5) is 0 Å². The Hall–Kier alpha value is -3.87. The van der Waals surface area contributed by atoms with Crippen molar-refractivity contribution in [1.82, 2.24) is 9.55 Å². The molecule has 6 nitrogen and oxygen atoms in total. The number of amides is 1. The third kappa shape index (κ3) is 7.81. The second-order valence-electron chi connectivity index (χ2n) is 8.80. The van der Waals surface area contributed by atoms with Gasteiger partial charge in [0, 0.05) is 6.20 Å². The molecular formula is C30H32ClN3O3. The lowest BCUT2D eigenvalue weighted by Gasteiger charge is -2.22. The van der Waals surface area contributed by atoms with Gasteiger partial charge in [-0.2, -0.15) is 0 Å². The summed E-state index contributed by atoms with van der Waals surface area (Å²) < 4.78 is 7.92. The first-order chi connectivity index (χ1) is 17.5. The number of carbonyl (C=O) groups is 1. The minimum absolute atomic E-state index is 0. The highest BCUT2D eigenvalue weighted by Gasteiger charge is 2.19. The zero-order valence-electron chi connectivity index (χ0n) is 20.7. The lowest BCUT2D eigenvalue weighted by atomic mass is 10.0. The Balaban J connectivity index is 0.00000380. The predicted octanol–water partition coefficient (Wildman–Crippen LogP) is 5.71. The number of imidazole rings is 1. The average molecular weight is 518 g/mol. The van der Waals surface area contributed by atoms with Crippen molar-refractivity contribution in [1.29, 1.82) is 0 Å². The highest BCUT2D eigenvalue weighted by Crippen LogP contribution is 2.26. The van der Waals surface area contributed by atoms with E-state index in [1.807, 2.05) is 42.5 Å². The molecule has 0 saturated carbocycles. The standard InChI is InChI=1S/C30H31N3O3.ClH/c1-22(34)28(33-19-27(30(31)35)32-21-33)18-17-26-9-5-6-10-29(26)36-20-25-15-13-24(14-16-25)12-11-23-7-3-2-4-8-23;/h2-16,19,21-22,28,34H,17-18,20H2,1H3,(H2,31,35);1H/b12-11+;/t22-,28+;/m0./s1. The number of aromatic nitrogens is 2. The van der Waals surface area contributed by atoms with Crippen LogP contribution in [-0.2, 0) is 13.0 Å². The number of nitrogens with two attached hydrogens (primary N) is 1. The smallest absolute Gasteiger partial charge is 0.268 e. The highest BCUT2D eigenvalue weighted by atomic mass is 35.5. The predicted molar refractivity (Wildman–Crippen MR) is 150 cm³/mol. The van der Waals surface area contributed by atoms with Gasteiger partial charge in [0.05, 0.1) is 18.5 Å². The fraction of sp³-hybridized carbons (Fsp3) is 0.200. The summed E-state index contributed by atoms with van der Waals surface area (Å²) >= 11 is 0. The van der Waals surface area contributed by atoms with E-state index in [1.54, 1.807) is 24.0 Å². The molecule has 192 valence electrons. The first-order valence-electron chi connectivity index (χ1n) is 12.0. The second kappa shape index (κ2) is 13.4. The largest absolute Gasteiger partial charge is 0.489 e. The molecule has 0 aliphatic rings. The molecule has 0 saturated heterocycles. The number of para-hydroxylation sites is 1. The average Bonchev–Trinajstić information content (AvgIpc) is 3.38. The van der Waals surface area contributed by atoms with Crippen LogP contribution in [0.15, 0.2) is 91.4 Å². The lowest BCUT2D eigenvalue weighted by Crippen LogP contribution is -2.21. The van der Waals surface area contributed by atoms with Gasteiger partial charge in [-0.1, -0.05) is 84.9 Å². The number of aliphatic hydroxyl groups is 1. The summed E-state index contributed by atoms with van der Waals surface area (Å²) in [6.45, 7) is 2.19. The molecule has 0 unspecified atom stereocenters. The highest BCUT2D eigenvalue weighted by molar-refractivity contribution is 5.90. The van der Waals surface area contributed by atoms with Crippen molar-refractivity contribution >= 4 is 30.5 Å². The maximum Gasteiger partial charge on any atom is 0.268 e. The Labute approximate surface area is 223 Å². The van der Waals surface area contributed by atoms with Crippen LogP contribution < -0.4 is 10.5 Å². The van der Waals surface area contributed by atoms with E-state index in [0.29, 0.717) is 19.4 Å². The molecule has 37 heavy (non-hydrogen) atoms. The van der Waals surface area contributed by atoms with Gasteiger partial charge < -0.3 is 20.1 Å². The van der Waals surface area contributed by atoms with Crippen LogP contribution in [-0.4, -0.2) is 26.7 Å². The van der Waals surface area contributed by atoms with E-state index in [-0.39, 0.29) is 24.1 Å². The van der Waals surface area contributed by atoms with Gasteiger partial charge in [0.1, 0.15) is 18.1 Å². The molecule has 2 atom stereocenters. The molecule has 0 spiro atoms. The minimum atomic E-state index is -0.623. The van der Waals surface area contributed by atoms with E-state index in [0.717, 1.165) is 22.4 Å². The first-order valence-corrected chi connectivity index (χ1v) is 12.0. The number of aryl methyl sites for hydroxylation is 1. The molecule has 4 aromatic rings. The third-order valence-electron chi connectivity index (χ3n) is 6.12. The van der Waals surface area contributed by atoms with Crippen molar-refractivity contribution in [3.8, 4) is 5.75 Å². The number of benzene rings is 3. The molecular weight excluding hydrogens is 486 g/mol. The summed E-state index contributed by atoms with van der Waals surface area (Å²) in [6, 6.07) is 26.2. The molecule has 1 amide bonds.